The third-order valence-electron chi connectivity index (χ3n) is 3.69. The van der Waals surface area contributed by atoms with Crippen molar-refractivity contribution in [3.8, 4) is 0 Å². The summed E-state index contributed by atoms with van der Waals surface area (Å²) in [6, 6.07) is 17.0. The standard InChI is InChI=1S/C19H26N2/c1-16(2)14-20-15-18(17-8-4-3-5-9-17)11-12-19-10-6-7-13-21-19/h3-10,13,16,18,20H,11-12,14-15H2,1-2H3. The van der Waals surface area contributed by atoms with Gasteiger partial charge in [-0.05, 0) is 48.9 Å². The Kier molecular flexibility index (Phi) is 6.42. The van der Waals surface area contributed by atoms with E-state index in [0.29, 0.717) is 11.8 Å². The number of benzene rings is 1. The molecule has 1 heterocycles. The summed E-state index contributed by atoms with van der Waals surface area (Å²) in [7, 11) is 0. The number of aromatic nitrogens is 1. The smallest absolute Gasteiger partial charge is 0.0403 e. The summed E-state index contributed by atoms with van der Waals surface area (Å²) < 4.78 is 0. The largest absolute Gasteiger partial charge is 0.316 e. The zero-order chi connectivity index (χ0) is 14.9. The average Bonchev–Trinajstić information content (AvgIpc) is 2.52. The molecule has 0 amide bonds. The lowest BCUT2D eigenvalue weighted by atomic mass is 9.93. The summed E-state index contributed by atoms with van der Waals surface area (Å²) in [5, 5.41) is 3.60. The number of nitrogens with one attached hydrogen (secondary N) is 1. The van der Waals surface area contributed by atoms with E-state index < -0.39 is 0 Å². The molecular weight excluding hydrogens is 256 g/mol. The van der Waals surface area contributed by atoms with Gasteiger partial charge in [-0.3, -0.25) is 4.98 Å². The van der Waals surface area contributed by atoms with Crippen molar-refractivity contribution in [2.75, 3.05) is 13.1 Å². The molecule has 1 aromatic heterocycles. The van der Waals surface area contributed by atoms with Gasteiger partial charge in [0.2, 0.25) is 0 Å². The average molecular weight is 282 g/mol. The lowest BCUT2D eigenvalue weighted by Crippen LogP contribution is -2.25. The summed E-state index contributed by atoms with van der Waals surface area (Å²) >= 11 is 0. The predicted octanol–water partition coefficient (Wildman–Crippen LogP) is 4.04. The highest BCUT2D eigenvalue weighted by molar-refractivity contribution is 5.20. The fraction of sp³-hybridized carbons (Fsp3) is 0.421. The molecule has 1 unspecified atom stereocenters. The molecule has 2 aromatic rings. The van der Waals surface area contributed by atoms with E-state index in [-0.39, 0.29) is 0 Å². The summed E-state index contributed by atoms with van der Waals surface area (Å²) in [4.78, 5) is 4.43. The lowest BCUT2D eigenvalue weighted by Gasteiger charge is -2.19. The highest BCUT2D eigenvalue weighted by Crippen LogP contribution is 2.20. The van der Waals surface area contributed by atoms with E-state index in [0.717, 1.165) is 25.9 Å². The molecule has 0 aliphatic rings. The molecule has 0 fully saturated rings. The Hall–Kier alpha value is -1.67. The molecule has 0 bridgehead atoms. The maximum atomic E-state index is 4.43. The molecule has 0 saturated carbocycles. The molecule has 1 N–H and O–H groups in total. The van der Waals surface area contributed by atoms with Crippen LogP contribution < -0.4 is 5.32 Å². The van der Waals surface area contributed by atoms with Crippen LogP contribution in [-0.4, -0.2) is 18.1 Å². The van der Waals surface area contributed by atoms with Crippen LogP contribution in [0, 0.1) is 5.92 Å². The molecule has 112 valence electrons. The van der Waals surface area contributed by atoms with E-state index in [1.54, 1.807) is 0 Å². The first kappa shape index (κ1) is 15.7. The Bertz CT molecular complexity index is 493. The van der Waals surface area contributed by atoms with Crippen molar-refractivity contribution in [2.24, 2.45) is 5.92 Å². The minimum absolute atomic E-state index is 0.548. The molecule has 1 aromatic carbocycles. The number of aryl methyl sites for hydroxylation is 1. The van der Waals surface area contributed by atoms with Gasteiger partial charge < -0.3 is 5.32 Å². The quantitative estimate of drug-likeness (QED) is 0.790. The van der Waals surface area contributed by atoms with Gasteiger partial charge in [-0.1, -0.05) is 50.2 Å². The van der Waals surface area contributed by atoms with Crippen LogP contribution in [0.5, 0.6) is 0 Å². The number of pyridine rings is 1. The first-order chi connectivity index (χ1) is 10.3. The molecule has 0 aliphatic heterocycles. The molecule has 1 atom stereocenters. The normalized spacial score (nSPS) is 12.5. The first-order valence-electron chi connectivity index (χ1n) is 7.91. The summed E-state index contributed by atoms with van der Waals surface area (Å²) in [5.41, 5.74) is 2.60. The highest BCUT2D eigenvalue weighted by atomic mass is 14.9. The molecule has 0 radical (unpaired) electrons. The SMILES string of the molecule is CC(C)CNCC(CCc1ccccn1)c1ccccc1. The zero-order valence-corrected chi connectivity index (χ0v) is 13.1. The minimum Gasteiger partial charge on any atom is -0.316 e. The second-order valence-corrected chi connectivity index (χ2v) is 6.02. The Morgan fingerprint density at radius 3 is 2.38 bits per heavy atom. The topological polar surface area (TPSA) is 24.9 Å². The number of nitrogens with zero attached hydrogens (tertiary/aromatic N) is 1. The van der Waals surface area contributed by atoms with Gasteiger partial charge in [-0.15, -0.1) is 0 Å². The van der Waals surface area contributed by atoms with Crippen molar-refractivity contribution in [3.05, 3.63) is 66.0 Å². The number of hydrogen-bond donors (Lipinski definition) is 1. The van der Waals surface area contributed by atoms with E-state index in [1.165, 1.54) is 11.3 Å². The van der Waals surface area contributed by atoms with Gasteiger partial charge in [0.05, 0.1) is 0 Å². The number of hydrogen-bond acceptors (Lipinski definition) is 2. The van der Waals surface area contributed by atoms with Gasteiger partial charge in [-0.25, -0.2) is 0 Å². The maximum absolute atomic E-state index is 4.43. The van der Waals surface area contributed by atoms with Gasteiger partial charge in [0.15, 0.2) is 0 Å². The van der Waals surface area contributed by atoms with Crippen LogP contribution in [0.1, 0.15) is 37.4 Å². The minimum atomic E-state index is 0.548. The van der Waals surface area contributed by atoms with Crippen molar-refractivity contribution < 1.29 is 0 Å². The van der Waals surface area contributed by atoms with Crippen molar-refractivity contribution in [1.82, 2.24) is 10.3 Å². The van der Waals surface area contributed by atoms with Crippen LogP contribution in [0.2, 0.25) is 0 Å². The van der Waals surface area contributed by atoms with Crippen LogP contribution >= 0.6 is 0 Å². The third kappa shape index (κ3) is 5.68. The van der Waals surface area contributed by atoms with E-state index in [9.17, 15) is 0 Å². The van der Waals surface area contributed by atoms with Crippen LogP contribution in [0.25, 0.3) is 0 Å². The lowest BCUT2D eigenvalue weighted by molar-refractivity contribution is 0.499. The van der Waals surface area contributed by atoms with Crippen molar-refractivity contribution in [1.29, 1.82) is 0 Å². The first-order valence-corrected chi connectivity index (χ1v) is 7.91. The fourth-order valence-corrected chi connectivity index (χ4v) is 2.53. The molecule has 0 saturated heterocycles. The van der Waals surface area contributed by atoms with Crippen molar-refractivity contribution in [2.45, 2.75) is 32.6 Å². The molecule has 2 heteroatoms. The monoisotopic (exact) mass is 282 g/mol. The Morgan fingerprint density at radius 2 is 1.71 bits per heavy atom. The molecule has 21 heavy (non-hydrogen) atoms. The highest BCUT2D eigenvalue weighted by Gasteiger charge is 2.11. The van der Waals surface area contributed by atoms with Gasteiger partial charge in [0, 0.05) is 18.4 Å². The predicted molar refractivity (Wildman–Crippen MR) is 89.4 cm³/mol. The second kappa shape index (κ2) is 8.58. The van der Waals surface area contributed by atoms with E-state index in [2.05, 4.69) is 66.6 Å². The molecule has 2 rings (SSSR count). The maximum Gasteiger partial charge on any atom is 0.0403 e. The second-order valence-electron chi connectivity index (χ2n) is 6.02. The van der Waals surface area contributed by atoms with Crippen LogP contribution in [0.15, 0.2) is 54.7 Å². The van der Waals surface area contributed by atoms with Gasteiger partial charge in [0.25, 0.3) is 0 Å². The van der Waals surface area contributed by atoms with Crippen molar-refractivity contribution >= 4 is 0 Å². The summed E-state index contributed by atoms with van der Waals surface area (Å²) in [5.74, 6) is 1.24. The van der Waals surface area contributed by atoms with Crippen LogP contribution in [-0.2, 0) is 6.42 Å². The van der Waals surface area contributed by atoms with Gasteiger partial charge in [0.1, 0.15) is 0 Å². The summed E-state index contributed by atoms with van der Waals surface area (Å²) in [6.07, 6.45) is 4.04. The van der Waals surface area contributed by atoms with Crippen molar-refractivity contribution in [3.63, 3.8) is 0 Å². The number of rotatable bonds is 8. The van der Waals surface area contributed by atoms with Crippen LogP contribution in [0.3, 0.4) is 0 Å². The van der Waals surface area contributed by atoms with E-state index in [1.807, 2.05) is 12.3 Å². The van der Waals surface area contributed by atoms with Gasteiger partial charge in [-0.2, -0.15) is 0 Å². The Morgan fingerprint density at radius 1 is 0.952 bits per heavy atom. The fourth-order valence-electron chi connectivity index (χ4n) is 2.53. The van der Waals surface area contributed by atoms with E-state index in [4.69, 9.17) is 0 Å². The van der Waals surface area contributed by atoms with Gasteiger partial charge >= 0.3 is 0 Å². The molecule has 2 nitrogen and oxygen atoms in total. The summed E-state index contributed by atoms with van der Waals surface area (Å²) in [6.45, 7) is 6.61. The Labute approximate surface area is 128 Å². The molecular formula is C19H26N2. The molecule has 0 spiro atoms. The third-order valence-corrected chi connectivity index (χ3v) is 3.69. The Balaban J connectivity index is 1.95. The van der Waals surface area contributed by atoms with Crippen LogP contribution in [0.4, 0.5) is 0 Å². The van der Waals surface area contributed by atoms with E-state index >= 15 is 0 Å². The zero-order valence-electron chi connectivity index (χ0n) is 13.1. The molecule has 0 aliphatic carbocycles.